The van der Waals surface area contributed by atoms with Gasteiger partial charge in [-0.2, -0.15) is 0 Å². The molecule has 0 aliphatic heterocycles. The highest BCUT2D eigenvalue weighted by molar-refractivity contribution is 7.92. The van der Waals surface area contributed by atoms with Crippen molar-refractivity contribution in [3.8, 4) is 11.5 Å². The third kappa shape index (κ3) is 7.20. The Morgan fingerprint density at radius 1 is 1.00 bits per heavy atom. The van der Waals surface area contributed by atoms with Crippen LogP contribution in [0.1, 0.15) is 45.1 Å². The van der Waals surface area contributed by atoms with Gasteiger partial charge in [0.05, 0.1) is 30.3 Å². The molecule has 2 rings (SSSR count). The van der Waals surface area contributed by atoms with E-state index < -0.39 is 26.9 Å². The molecule has 2 aromatic rings. The fraction of sp³-hybridized carbons (Fsp3) is 0.480. The lowest BCUT2D eigenvalue weighted by Crippen LogP contribution is -2.41. The van der Waals surface area contributed by atoms with E-state index in [0.29, 0.717) is 30.8 Å². The molecule has 182 valence electrons. The zero-order valence-electron chi connectivity index (χ0n) is 19.8. The van der Waals surface area contributed by atoms with Crippen LogP contribution in [0.2, 0.25) is 0 Å². The quantitative estimate of drug-likeness (QED) is 0.251. The van der Waals surface area contributed by atoms with E-state index in [1.54, 1.807) is 11.5 Å². The number of aryl methyl sites for hydroxylation is 1. The second-order valence-electron chi connectivity index (χ2n) is 8.54. The standard InChI is InChI=1S/C25H35NO6S/c1-18(2)16-21(25(27)26-28)24(13-9-8-12-19-10-6-5-7-11-19)33(29,30)20-14-15-22(31-3)23(17-20)32-4/h5-7,10-11,14-15,17-18,21,24,28H,8-9,12-13,16H2,1-4H3,(H,26,27). The number of unbranched alkanes of at least 4 members (excludes halogenated alkanes) is 1. The molecule has 0 saturated carbocycles. The van der Waals surface area contributed by atoms with E-state index in [9.17, 15) is 18.4 Å². The summed E-state index contributed by atoms with van der Waals surface area (Å²) in [4.78, 5) is 12.6. The van der Waals surface area contributed by atoms with Gasteiger partial charge in [0.25, 0.3) is 0 Å². The number of methoxy groups -OCH3 is 2. The van der Waals surface area contributed by atoms with Gasteiger partial charge >= 0.3 is 0 Å². The van der Waals surface area contributed by atoms with Crippen LogP contribution in [0.25, 0.3) is 0 Å². The molecule has 8 heteroatoms. The monoisotopic (exact) mass is 477 g/mol. The van der Waals surface area contributed by atoms with E-state index in [0.717, 1.165) is 12.8 Å². The molecule has 0 aliphatic carbocycles. The predicted octanol–water partition coefficient (Wildman–Crippen LogP) is 4.43. The molecule has 2 unspecified atom stereocenters. The second kappa shape index (κ2) is 12.6. The lowest BCUT2D eigenvalue weighted by atomic mass is 9.90. The fourth-order valence-electron chi connectivity index (χ4n) is 4.08. The number of rotatable bonds is 13. The number of sulfone groups is 1. The third-order valence-corrected chi connectivity index (χ3v) is 8.02. The molecule has 2 aromatic carbocycles. The van der Waals surface area contributed by atoms with Crippen molar-refractivity contribution in [3.05, 3.63) is 54.1 Å². The van der Waals surface area contributed by atoms with Crippen molar-refractivity contribution >= 4 is 15.7 Å². The number of amides is 1. The third-order valence-electron chi connectivity index (χ3n) is 5.75. The molecule has 7 nitrogen and oxygen atoms in total. The number of hydrogen-bond donors (Lipinski definition) is 2. The molecular weight excluding hydrogens is 442 g/mol. The minimum absolute atomic E-state index is 0.0627. The normalized spacial score (nSPS) is 13.4. The summed E-state index contributed by atoms with van der Waals surface area (Å²) >= 11 is 0. The van der Waals surface area contributed by atoms with Gasteiger partial charge in [-0.25, -0.2) is 13.9 Å². The molecule has 0 saturated heterocycles. The van der Waals surface area contributed by atoms with Gasteiger partial charge in [-0.3, -0.25) is 10.0 Å². The molecule has 0 aromatic heterocycles. The molecular formula is C25H35NO6S. The molecule has 2 N–H and O–H groups in total. The number of nitrogens with one attached hydrogen (secondary N) is 1. The van der Waals surface area contributed by atoms with Gasteiger partial charge in [0, 0.05) is 6.07 Å². The average Bonchev–Trinajstić information content (AvgIpc) is 2.82. The van der Waals surface area contributed by atoms with Gasteiger partial charge in [-0.15, -0.1) is 0 Å². The molecule has 0 aliphatic rings. The van der Waals surface area contributed by atoms with Gasteiger partial charge in [-0.05, 0) is 49.3 Å². The van der Waals surface area contributed by atoms with Crippen molar-refractivity contribution in [1.29, 1.82) is 0 Å². The summed E-state index contributed by atoms with van der Waals surface area (Å²) < 4.78 is 38.0. The molecule has 2 atom stereocenters. The van der Waals surface area contributed by atoms with Crippen LogP contribution in [-0.2, 0) is 21.1 Å². The summed E-state index contributed by atoms with van der Waals surface area (Å²) in [5, 5.41) is 8.36. The number of ether oxygens (including phenoxy) is 2. The van der Waals surface area contributed by atoms with Gasteiger partial charge in [0.1, 0.15) is 0 Å². The Balaban J connectivity index is 2.35. The Kier molecular flexibility index (Phi) is 10.2. The second-order valence-corrected chi connectivity index (χ2v) is 10.7. The Bertz CT molecular complexity index is 991. The van der Waals surface area contributed by atoms with Crippen molar-refractivity contribution in [1.82, 2.24) is 5.48 Å². The minimum Gasteiger partial charge on any atom is -0.493 e. The smallest absolute Gasteiger partial charge is 0.247 e. The topological polar surface area (TPSA) is 102 Å². The van der Waals surface area contributed by atoms with Crippen LogP contribution in [0.3, 0.4) is 0 Å². The van der Waals surface area contributed by atoms with Crippen molar-refractivity contribution in [2.45, 2.75) is 56.1 Å². The van der Waals surface area contributed by atoms with Crippen LogP contribution in [0.15, 0.2) is 53.4 Å². The maximum atomic E-state index is 13.7. The van der Waals surface area contributed by atoms with E-state index in [2.05, 4.69) is 0 Å². The molecule has 0 bridgehead atoms. The Morgan fingerprint density at radius 3 is 2.24 bits per heavy atom. The Morgan fingerprint density at radius 2 is 1.67 bits per heavy atom. The highest BCUT2D eigenvalue weighted by Gasteiger charge is 2.39. The van der Waals surface area contributed by atoms with Crippen LogP contribution in [-0.4, -0.2) is 39.0 Å². The van der Waals surface area contributed by atoms with E-state index in [4.69, 9.17) is 9.47 Å². The van der Waals surface area contributed by atoms with Gasteiger partial charge < -0.3 is 9.47 Å². The zero-order chi connectivity index (χ0) is 24.4. The summed E-state index contributed by atoms with van der Waals surface area (Å²) in [5.41, 5.74) is 2.87. The van der Waals surface area contributed by atoms with E-state index >= 15 is 0 Å². The van der Waals surface area contributed by atoms with Gasteiger partial charge in [0.2, 0.25) is 5.91 Å². The van der Waals surface area contributed by atoms with E-state index in [1.165, 1.54) is 31.9 Å². The maximum Gasteiger partial charge on any atom is 0.247 e. The first kappa shape index (κ1) is 26.7. The summed E-state index contributed by atoms with van der Waals surface area (Å²) in [6, 6.07) is 14.4. The molecule has 0 spiro atoms. The number of hydroxylamine groups is 1. The number of hydrogen-bond acceptors (Lipinski definition) is 6. The Hall–Kier alpha value is -2.58. The van der Waals surface area contributed by atoms with Crippen molar-refractivity contribution < 1.29 is 27.9 Å². The first-order valence-electron chi connectivity index (χ1n) is 11.2. The van der Waals surface area contributed by atoms with Crippen LogP contribution in [0, 0.1) is 11.8 Å². The lowest BCUT2D eigenvalue weighted by Gasteiger charge is -2.27. The van der Waals surface area contributed by atoms with Crippen molar-refractivity contribution in [2.24, 2.45) is 11.8 Å². The van der Waals surface area contributed by atoms with Gasteiger partial charge in [0.15, 0.2) is 21.3 Å². The van der Waals surface area contributed by atoms with E-state index in [-0.39, 0.29) is 10.8 Å². The largest absolute Gasteiger partial charge is 0.493 e. The first-order chi connectivity index (χ1) is 15.7. The zero-order valence-corrected chi connectivity index (χ0v) is 20.6. The summed E-state index contributed by atoms with van der Waals surface area (Å²) in [6.45, 7) is 3.85. The number of carbonyl (C=O) groups is 1. The van der Waals surface area contributed by atoms with Crippen LogP contribution < -0.4 is 15.0 Å². The number of carbonyl (C=O) groups excluding carboxylic acids is 1. The molecule has 0 fully saturated rings. The minimum atomic E-state index is -3.91. The highest BCUT2D eigenvalue weighted by Crippen LogP contribution is 2.35. The van der Waals surface area contributed by atoms with Crippen LogP contribution >= 0.6 is 0 Å². The summed E-state index contributed by atoms with van der Waals surface area (Å²) in [7, 11) is -0.993. The first-order valence-corrected chi connectivity index (χ1v) is 12.7. The van der Waals surface area contributed by atoms with E-state index in [1.807, 2.05) is 44.2 Å². The van der Waals surface area contributed by atoms with Crippen LogP contribution in [0.4, 0.5) is 0 Å². The SMILES string of the molecule is COc1ccc(S(=O)(=O)C(CCCCc2ccccc2)C(CC(C)C)C(=O)NO)cc1OC. The molecule has 0 radical (unpaired) electrons. The average molecular weight is 478 g/mol. The molecule has 1 amide bonds. The van der Waals surface area contributed by atoms with Crippen molar-refractivity contribution in [3.63, 3.8) is 0 Å². The fourth-order valence-corrected chi connectivity index (χ4v) is 6.10. The van der Waals surface area contributed by atoms with Crippen LogP contribution in [0.5, 0.6) is 11.5 Å². The summed E-state index contributed by atoms with van der Waals surface area (Å²) in [5.74, 6) is -0.776. The maximum absolute atomic E-state index is 13.7. The Labute approximate surface area is 197 Å². The molecule has 0 heterocycles. The van der Waals surface area contributed by atoms with Crippen molar-refractivity contribution in [2.75, 3.05) is 14.2 Å². The lowest BCUT2D eigenvalue weighted by molar-refractivity contribution is -0.134. The highest BCUT2D eigenvalue weighted by atomic mass is 32.2. The summed E-state index contributed by atoms with van der Waals surface area (Å²) in [6.07, 6.45) is 2.87. The molecule has 33 heavy (non-hydrogen) atoms. The van der Waals surface area contributed by atoms with Gasteiger partial charge in [-0.1, -0.05) is 50.6 Å². The number of benzene rings is 2. The predicted molar refractivity (Wildman–Crippen MR) is 127 cm³/mol.